The molecule has 1 aliphatic carbocycles. The smallest absolute Gasteiger partial charge is 0.239 e. The largest absolute Gasteiger partial charge is 0.378 e. The molecule has 2 fully saturated rings. The van der Waals surface area contributed by atoms with Crippen molar-refractivity contribution in [3.05, 3.63) is 35.9 Å². The number of amides is 1. The molecule has 0 radical (unpaired) electrons. The van der Waals surface area contributed by atoms with E-state index in [1.165, 1.54) is 0 Å². The van der Waals surface area contributed by atoms with Crippen LogP contribution in [0.1, 0.15) is 24.4 Å². The minimum Gasteiger partial charge on any atom is -0.378 e. The van der Waals surface area contributed by atoms with Gasteiger partial charge in [0.2, 0.25) is 5.91 Å². The molecule has 1 aromatic rings. The highest BCUT2D eigenvalue weighted by molar-refractivity contribution is 5.82. The normalized spacial score (nSPS) is 24.5. The number of rotatable bonds is 5. The van der Waals surface area contributed by atoms with Gasteiger partial charge in [0, 0.05) is 25.2 Å². The van der Waals surface area contributed by atoms with Gasteiger partial charge in [0.1, 0.15) is 6.04 Å². The number of benzene rings is 1. The fraction of sp³-hybridized carbons (Fsp3) is 0.562. The van der Waals surface area contributed by atoms with Gasteiger partial charge in [-0.05, 0) is 18.4 Å². The number of hydrogen-bond donors (Lipinski definition) is 2. The van der Waals surface area contributed by atoms with Crippen molar-refractivity contribution in [1.29, 1.82) is 0 Å². The van der Waals surface area contributed by atoms with E-state index in [0.29, 0.717) is 25.8 Å². The summed E-state index contributed by atoms with van der Waals surface area (Å²) in [5, 5.41) is 3.08. The van der Waals surface area contributed by atoms with Crippen molar-refractivity contribution in [2.75, 3.05) is 26.3 Å². The Kier molecular flexibility index (Phi) is 4.53. The van der Waals surface area contributed by atoms with Crippen molar-refractivity contribution in [3.63, 3.8) is 0 Å². The van der Waals surface area contributed by atoms with Gasteiger partial charge in [-0.3, -0.25) is 9.69 Å². The summed E-state index contributed by atoms with van der Waals surface area (Å²) in [4.78, 5) is 14.6. The maximum absolute atomic E-state index is 12.4. The number of nitrogens with zero attached hydrogens (tertiary/aromatic N) is 1. The van der Waals surface area contributed by atoms with Crippen LogP contribution in [0.5, 0.6) is 0 Å². The minimum absolute atomic E-state index is 0.0602. The number of carbonyl (C=O) groups excluding carboxylic acids is 1. The summed E-state index contributed by atoms with van der Waals surface area (Å²) in [5.41, 5.74) is 7.16. The van der Waals surface area contributed by atoms with Crippen LogP contribution in [0.4, 0.5) is 0 Å². The molecule has 5 heteroatoms. The van der Waals surface area contributed by atoms with E-state index < -0.39 is 0 Å². The van der Waals surface area contributed by atoms with Crippen molar-refractivity contribution in [3.8, 4) is 0 Å². The molecule has 5 nitrogen and oxygen atoms in total. The average Bonchev–Trinajstić information content (AvgIpc) is 3.33. The second kappa shape index (κ2) is 6.56. The predicted molar refractivity (Wildman–Crippen MR) is 80.7 cm³/mol. The lowest BCUT2D eigenvalue weighted by Crippen LogP contribution is -2.56. The molecule has 1 saturated carbocycles. The zero-order valence-corrected chi connectivity index (χ0v) is 12.2. The lowest BCUT2D eigenvalue weighted by molar-refractivity contribution is -0.134. The zero-order valence-electron chi connectivity index (χ0n) is 12.2. The molecule has 0 bridgehead atoms. The highest BCUT2D eigenvalue weighted by Crippen LogP contribution is 2.25. The molecule has 1 aliphatic heterocycles. The van der Waals surface area contributed by atoms with Gasteiger partial charge in [0.25, 0.3) is 0 Å². The number of hydrogen-bond acceptors (Lipinski definition) is 4. The molecule has 1 amide bonds. The zero-order chi connectivity index (χ0) is 14.7. The summed E-state index contributed by atoms with van der Waals surface area (Å²) in [6.07, 6.45) is 2.19. The fourth-order valence-corrected chi connectivity index (χ4v) is 2.88. The van der Waals surface area contributed by atoms with Gasteiger partial charge in [-0.2, -0.15) is 0 Å². The molecular weight excluding hydrogens is 266 g/mol. The highest BCUT2D eigenvalue weighted by Gasteiger charge is 2.36. The Bertz CT molecular complexity index is 476. The molecule has 3 rings (SSSR count). The lowest BCUT2D eigenvalue weighted by Gasteiger charge is -2.40. The van der Waals surface area contributed by atoms with Crippen LogP contribution in [0.15, 0.2) is 30.3 Å². The molecule has 1 saturated heterocycles. The van der Waals surface area contributed by atoms with Gasteiger partial charge < -0.3 is 15.8 Å². The Hall–Kier alpha value is -1.43. The van der Waals surface area contributed by atoms with E-state index in [9.17, 15) is 4.79 Å². The maximum Gasteiger partial charge on any atom is 0.239 e. The van der Waals surface area contributed by atoms with Crippen molar-refractivity contribution < 1.29 is 9.53 Å². The van der Waals surface area contributed by atoms with Crippen LogP contribution < -0.4 is 11.1 Å². The van der Waals surface area contributed by atoms with Crippen LogP contribution in [0.3, 0.4) is 0 Å². The van der Waals surface area contributed by atoms with Crippen molar-refractivity contribution in [2.45, 2.75) is 31.0 Å². The first-order valence-corrected chi connectivity index (χ1v) is 7.68. The van der Waals surface area contributed by atoms with E-state index in [1.54, 1.807) is 0 Å². The number of nitrogens with two attached hydrogens (primary N) is 1. The quantitative estimate of drug-likeness (QED) is 0.836. The molecule has 2 aliphatic rings. The minimum atomic E-state index is -0.242. The summed E-state index contributed by atoms with van der Waals surface area (Å²) in [5.74, 6) is 0.0755. The molecule has 1 aromatic carbocycles. The Balaban J connectivity index is 1.76. The molecular formula is C16H23N3O2. The van der Waals surface area contributed by atoms with E-state index >= 15 is 0 Å². The van der Waals surface area contributed by atoms with E-state index in [0.717, 1.165) is 24.9 Å². The summed E-state index contributed by atoms with van der Waals surface area (Å²) < 4.78 is 5.52. The van der Waals surface area contributed by atoms with E-state index in [-0.39, 0.29) is 18.0 Å². The van der Waals surface area contributed by atoms with Crippen LogP contribution in [-0.2, 0) is 9.53 Å². The first-order valence-electron chi connectivity index (χ1n) is 7.68. The van der Waals surface area contributed by atoms with E-state index in [1.807, 2.05) is 18.2 Å². The Morgan fingerprint density at radius 1 is 1.38 bits per heavy atom. The second-order valence-corrected chi connectivity index (χ2v) is 5.77. The topological polar surface area (TPSA) is 67.6 Å². The summed E-state index contributed by atoms with van der Waals surface area (Å²) in [6.45, 7) is 2.33. The lowest BCUT2D eigenvalue weighted by atomic mass is 10.0. The summed E-state index contributed by atoms with van der Waals surface area (Å²) in [6, 6.07) is 10.3. The first-order chi connectivity index (χ1) is 10.3. The Morgan fingerprint density at radius 2 is 2.14 bits per heavy atom. The van der Waals surface area contributed by atoms with Gasteiger partial charge in [-0.25, -0.2) is 0 Å². The summed E-state index contributed by atoms with van der Waals surface area (Å²) in [7, 11) is 0. The second-order valence-electron chi connectivity index (χ2n) is 5.77. The molecule has 0 spiro atoms. The van der Waals surface area contributed by atoms with Crippen LogP contribution in [0.2, 0.25) is 0 Å². The number of nitrogens with one attached hydrogen (secondary N) is 1. The predicted octanol–water partition coefficient (Wildman–Crippen LogP) is 0.666. The third-order valence-corrected chi connectivity index (χ3v) is 4.20. The number of carbonyl (C=O) groups is 1. The third-order valence-electron chi connectivity index (χ3n) is 4.20. The van der Waals surface area contributed by atoms with Gasteiger partial charge >= 0.3 is 0 Å². The maximum atomic E-state index is 12.4. The van der Waals surface area contributed by atoms with Crippen LogP contribution in [0.25, 0.3) is 0 Å². The van der Waals surface area contributed by atoms with Crippen LogP contribution >= 0.6 is 0 Å². The van der Waals surface area contributed by atoms with Gasteiger partial charge in [-0.15, -0.1) is 0 Å². The monoisotopic (exact) mass is 289 g/mol. The van der Waals surface area contributed by atoms with Crippen LogP contribution in [0, 0.1) is 0 Å². The molecule has 3 N–H and O–H groups in total. The standard InChI is InChI=1S/C16H23N3O2/c17-10-14(12-4-2-1-3-5-12)19-8-9-21-11-15(19)16(20)18-13-6-7-13/h1-5,13-15H,6-11,17H2,(H,18,20). The van der Waals surface area contributed by atoms with Crippen molar-refractivity contribution in [2.24, 2.45) is 5.73 Å². The Morgan fingerprint density at radius 3 is 2.81 bits per heavy atom. The molecule has 114 valence electrons. The van der Waals surface area contributed by atoms with E-state index in [2.05, 4.69) is 22.3 Å². The van der Waals surface area contributed by atoms with E-state index in [4.69, 9.17) is 10.5 Å². The third kappa shape index (κ3) is 3.43. The molecule has 0 aromatic heterocycles. The first kappa shape index (κ1) is 14.5. The Labute approximate surface area is 125 Å². The van der Waals surface area contributed by atoms with Gasteiger partial charge in [0.05, 0.1) is 13.2 Å². The van der Waals surface area contributed by atoms with Gasteiger partial charge in [-0.1, -0.05) is 30.3 Å². The molecule has 1 heterocycles. The molecule has 21 heavy (non-hydrogen) atoms. The molecule has 2 unspecified atom stereocenters. The van der Waals surface area contributed by atoms with Gasteiger partial charge in [0.15, 0.2) is 0 Å². The average molecular weight is 289 g/mol. The SMILES string of the molecule is NCC(c1ccccc1)N1CCOCC1C(=O)NC1CC1. The van der Waals surface area contributed by atoms with Crippen molar-refractivity contribution in [1.82, 2.24) is 10.2 Å². The number of morpholine rings is 1. The summed E-state index contributed by atoms with van der Waals surface area (Å²) >= 11 is 0. The molecule has 2 atom stereocenters. The number of ether oxygens (including phenoxy) is 1. The van der Waals surface area contributed by atoms with Crippen LogP contribution in [-0.4, -0.2) is 49.2 Å². The fourth-order valence-electron chi connectivity index (χ4n) is 2.88. The van der Waals surface area contributed by atoms with Crippen molar-refractivity contribution >= 4 is 5.91 Å². The highest BCUT2D eigenvalue weighted by atomic mass is 16.5.